The number of fused-ring (bicyclic) bond motifs is 3. The van der Waals surface area contributed by atoms with Crippen molar-refractivity contribution in [1.29, 1.82) is 5.26 Å². The number of hydroxylamine groups is 2. The van der Waals surface area contributed by atoms with E-state index in [0.29, 0.717) is 17.0 Å². The van der Waals surface area contributed by atoms with E-state index in [2.05, 4.69) is 0 Å². The van der Waals surface area contributed by atoms with E-state index in [4.69, 9.17) is 14.8 Å². The first-order chi connectivity index (χ1) is 13.1. The third kappa shape index (κ3) is 2.82. The van der Waals surface area contributed by atoms with E-state index in [0.717, 1.165) is 10.9 Å². The molecular weight excluding hydrogens is 346 g/mol. The first-order valence-electron chi connectivity index (χ1n) is 8.31. The second kappa shape index (κ2) is 6.59. The molecule has 0 saturated heterocycles. The van der Waals surface area contributed by atoms with Crippen LogP contribution < -0.4 is 4.74 Å². The maximum atomic E-state index is 12.7. The number of hydrogen-bond donors (Lipinski definition) is 0. The monoisotopic (exact) mass is 361 g/mol. The summed E-state index contributed by atoms with van der Waals surface area (Å²) in [7, 11) is 1.39. The Morgan fingerprint density at radius 3 is 2.63 bits per heavy atom. The van der Waals surface area contributed by atoms with Gasteiger partial charge in [-0.3, -0.25) is 14.2 Å². The number of carbonyl (C=O) groups is 2. The molecule has 1 aliphatic heterocycles. The molecule has 0 radical (unpaired) electrons. The van der Waals surface area contributed by atoms with E-state index >= 15 is 0 Å². The molecule has 0 saturated carbocycles. The van der Waals surface area contributed by atoms with Crippen LogP contribution in [0.2, 0.25) is 0 Å². The van der Waals surface area contributed by atoms with Crippen LogP contribution in [0.3, 0.4) is 0 Å². The number of esters is 1. The first-order valence-corrected chi connectivity index (χ1v) is 8.31. The van der Waals surface area contributed by atoms with Gasteiger partial charge in [-0.05, 0) is 36.4 Å². The predicted molar refractivity (Wildman–Crippen MR) is 95.7 cm³/mol. The third-order valence-electron chi connectivity index (χ3n) is 4.52. The minimum Gasteiger partial charge on any atom is -0.426 e. The molecule has 134 valence electrons. The Bertz CT molecular complexity index is 1080. The van der Waals surface area contributed by atoms with Crippen LogP contribution in [0.15, 0.2) is 54.6 Å². The summed E-state index contributed by atoms with van der Waals surface area (Å²) in [5.74, 6) is -0.161. The van der Waals surface area contributed by atoms with Crippen LogP contribution in [0.1, 0.15) is 23.7 Å². The van der Waals surface area contributed by atoms with Crippen molar-refractivity contribution in [2.24, 2.45) is 0 Å². The molecule has 0 spiro atoms. The number of ether oxygens (including phenoxy) is 1. The van der Waals surface area contributed by atoms with E-state index in [1.807, 2.05) is 36.4 Å². The van der Waals surface area contributed by atoms with Gasteiger partial charge in [-0.2, -0.15) is 10.3 Å². The zero-order valence-corrected chi connectivity index (χ0v) is 14.5. The molecule has 1 aromatic heterocycles. The lowest BCUT2D eigenvalue weighted by molar-refractivity contribution is -0.143. The predicted octanol–water partition coefficient (Wildman–Crippen LogP) is 3.39. The van der Waals surface area contributed by atoms with Gasteiger partial charge in [0.1, 0.15) is 11.8 Å². The fourth-order valence-corrected chi connectivity index (χ4v) is 3.31. The highest BCUT2D eigenvalue weighted by atomic mass is 16.7. The smallest absolute Gasteiger partial charge is 0.353 e. The minimum atomic E-state index is -0.583. The van der Waals surface area contributed by atoms with E-state index < -0.39 is 12.0 Å². The average Bonchev–Trinajstić information content (AvgIpc) is 3.18. The quantitative estimate of drug-likeness (QED) is 0.525. The summed E-state index contributed by atoms with van der Waals surface area (Å²) >= 11 is 0. The highest BCUT2D eigenvalue weighted by Gasteiger charge is 2.40. The zero-order valence-electron chi connectivity index (χ0n) is 14.5. The molecule has 1 unspecified atom stereocenters. The normalized spacial score (nSPS) is 15.6. The van der Waals surface area contributed by atoms with Gasteiger partial charge in [0.25, 0.3) is 0 Å². The Morgan fingerprint density at radius 2 is 1.93 bits per heavy atom. The van der Waals surface area contributed by atoms with Crippen molar-refractivity contribution in [3.63, 3.8) is 0 Å². The van der Waals surface area contributed by atoms with Gasteiger partial charge in [-0.1, -0.05) is 18.2 Å². The van der Waals surface area contributed by atoms with Gasteiger partial charge in [0.05, 0.1) is 36.4 Å². The van der Waals surface area contributed by atoms with Crippen LogP contribution in [-0.4, -0.2) is 28.7 Å². The first kappa shape index (κ1) is 16.8. The summed E-state index contributed by atoms with van der Waals surface area (Å²) < 4.78 is 6.90. The molecule has 0 N–H and O–H groups in total. The maximum absolute atomic E-state index is 12.7. The topological polar surface area (TPSA) is 84.6 Å². The second-order valence-corrected chi connectivity index (χ2v) is 6.08. The van der Waals surface area contributed by atoms with Crippen molar-refractivity contribution in [2.45, 2.75) is 12.5 Å². The molecule has 7 nitrogen and oxygen atoms in total. The zero-order chi connectivity index (χ0) is 19.0. The lowest BCUT2D eigenvalue weighted by atomic mass is 10.1. The molecule has 0 fully saturated rings. The summed E-state index contributed by atoms with van der Waals surface area (Å²) in [6.45, 7) is 0. The van der Waals surface area contributed by atoms with E-state index in [9.17, 15) is 9.59 Å². The fourth-order valence-electron chi connectivity index (χ4n) is 3.31. The van der Waals surface area contributed by atoms with E-state index in [-0.39, 0.29) is 12.5 Å². The highest BCUT2D eigenvalue weighted by molar-refractivity contribution is 5.95. The molecule has 0 bridgehead atoms. The largest absolute Gasteiger partial charge is 0.426 e. The van der Waals surface area contributed by atoms with Gasteiger partial charge in [0.2, 0.25) is 0 Å². The van der Waals surface area contributed by atoms with Crippen molar-refractivity contribution >= 4 is 22.9 Å². The van der Waals surface area contributed by atoms with Crippen molar-refractivity contribution in [2.75, 3.05) is 7.11 Å². The molecule has 1 atom stereocenters. The number of nitriles is 1. The number of hydrogen-bond acceptors (Lipinski definition) is 5. The van der Waals surface area contributed by atoms with Crippen LogP contribution in [-0.2, 0) is 9.63 Å². The van der Waals surface area contributed by atoms with Gasteiger partial charge in [0.15, 0.2) is 0 Å². The lowest BCUT2D eigenvalue weighted by Crippen LogP contribution is -2.30. The number of nitrogens with zero attached hydrogens (tertiary/aromatic N) is 3. The fraction of sp³-hybridized carbons (Fsp3) is 0.150. The molecule has 1 amide bonds. The van der Waals surface area contributed by atoms with Gasteiger partial charge in [-0.15, -0.1) is 0 Å². The summed E-state index contributed by atoms with van der Waals surface area (Å²) in [4.78, 5) is 30.4. The maximum Gasteiger partial charge on any atom is 0.353 e. The second-order valence-electron chi connectivity index (χ2n) is 6.08. The van der Waals surface area contributed by atoms with Crippen LogP contribution in [0.4, 0.5) is 4.79 Å². The average molecular weight is 361 g/mol. The number of carbonyl (C=O) groups excluding carboxylic acids is 2. The number of para-hydroxylation sites is 1. The SMILES string of the molecule is CON1C(=O)n2c(cc3ccccc32)C1CC(=O)Oc1ccc(C#N)cc1. The molecule has 1 aliphatic rings. The van der Waals surface area contributed by atoms with Gasteiger partial charge < -0.3 is 4.74 Å². The van der Waals surface area contributed by atoms with Crippen molar-refractivity contribution in [3.05, 3.63) is 65.9 Å². The van der Waals surface area contributed by atoms with Crippen molar-refractivity contribution < 1.29 is 19.2 Å². The Hall–Kier alpha value is -3.63. The molecule has 3 aromatic rings. The summed E-state index contributed by atoms with van der Waals surface area (Å²) in [5.41, 5.74) is 1.92. The third-order valence-corrected chi connectivity index (χ3v) is 4.52. The Kier molecular flexibility index (Phi) is 4.11. The number of benzene rings is 2. The van der Waals surface area contributed by atoms with Crippen LogP contribution in [0.5, 0.6) is 5.75 Å². The molecule has 27 heavy (non-hydrogen) atoms. The van der Waals surface area contributed by atoms with Crippen LogP contribution in [0, 0.1) is 11.3 Å². The Balaban J connectivity index is 1.60. The molecule has 2 heterocycles. The molecule has 4 rings (SSSR count). The van der Waals surface area contributed by atoms with Crippen LogP contribution >= 0.6 is 0 Å². The van der Waals surface area contributed by atoms with Gasteiger partial charge in [0, 0.05) is 5.39 Å². The van der Waals surface area contributed by atoms with Crippen LogP contribution in [0.25, 0.3) is 10.9 Å². The van der Waals surface area contributed by atoms with E-state index in [1.54, 1.807) is 28.8 Å². The summed E-state index contributed by atoms with van der Waals surface area (Å²) in [6, 6.07) is 16.7. The minimum absolute atomic E-state index is 0.0596. The number of amides is 1. The lowest BCUT2D eigenvalue weighted by Gasteiger charge is -2.20. The molecule has 7 heteroatoms. The standard InChI is InChI=1S/C20H15N3O4/c1-26-23-18(11-19(24)27-15-8-6-13(12-21)7-9-15)17-10-14-4-2-3-5-16(14)22(17)20(23)25/h2-10,18H,11H2,1H3. The summed E-state index contributed by atoms with van der Waals surface area (Å²) in [6.07, 6.45) is -0.0596. The molecule has 0 aliphatic carbocycles. The van der Waals surface area contributed by atoms with Crippen molar-refractivity contribution in [3.8, 4) is 11.8 Å². The molecular formula is C20H15N3O4. The molecule has 2 aromatic carbocycles. The van der Waals surface area contributed by atoms with Gasteiger partial charge >= 0.3 is 12.0 Å². The highest BCUT2D eigenvalue weighted by Crippen LogP contribution is 2.37. The Labute approximate surface area is 154 Å². The number of rotatable bonds is 4. The van der Waals surface area contributed by atoms with E-state index in [1.165, 1.54) is 12.2 Å². The van der Waals surface area contributed by atoms with Crippen molar-refractivity contribution in [1.82, 2.24) is 9.63 Å². The van der Waals surface area contributed by atoms with Gasteiger partial charge in [-0.25, -0.2) is 4.79 Å². The summed E-state index contributed by atoms with van der Waals surface area (Å²) in [5, 5.41) is 10.9. The Morgan fingerprint density at radius 1 is 1.19 bits per heavy atom. The number of aromatic nitrogens is 1.